The summed E-state index contributed by atoms with van der Waals surface area (Å²) in [5.74, 6) is 0.561. The summed E-state index contributed by atoms with van der Waals surface area (Å²) in [6.45, 7) is 4.40. The van der Waals surface area contributed by atoms with E-state index in [-0.39, 0.29) is 17.9 Å². The van der Waals surface area contributed by atoms with Gasteiger partial charge in [-0.2, -0.15) is 0 Å². The predicted molar refractivity (Wildman–Crippen MR) is 104 cm³/mol. The molecule has 0 aliphatic carbocycles. The third-order valence-corrected chi connectivity index (χ3v) is 5.10. The van der Waals surface area contributed by atoms with Gasteiger partial charge in [0.05, 0.1) is 10.2 Å². The number of H-pyrrole nitrogens is 1. The Kier molecular flexibility index (Phi) is 4.12. The molecular weight excluding hydrogens is 353 g/mol. The fourth-order valence-corrected chi connectivity index (χ4v) is 3.84. The average Bonchev–Trinajstić information content (AvgIpc) is 3.16. The molecule has 0 radical (unpaired) electrons. The zero-order chi connectivity index (χ0) is 18.3. The van der Waals surface area contributed by atoms with Gasteiger partial charge in [-0.25, -0.2) is 14.2 Å². The number of carbonyl (C=O) groups is 1. The summed E-state index contributed by atoms with van der Waals surface area (Å²) in [7, 11) is 0. The molecule has 6 nitrogen and oxygen atoms in total. The molecule has 3 heterocycles. The highest BCUT2D eigenvalue weighted by Gasteiger charge is 2.19. The number of thiazole rings is 1. The summed E-state index contributed by atoms with van der Waals surface area (Å²) in [6, 6.07) is 3.09. The number of amides is 2. The second-order valence-electron chi connectivity index (χ2n) is 6.09. The lowest BCUT2D eigenvalue weighted by Gasteiger charge is -2.16. The summed E-state index contributed by atoms with van der Waals surface area (Å²) in [5.41, 5.74) is 2.83. The molecule has 0 fully saturated rings. The molecule has 8 heteroatoms. The van der Waals surface area contributed by atoms with Crippen molar-refractivity contribution in [3.8, 4) is 11.1 Å². The maximum Gasteiger partial charge on any atom is 0.321 e. The van der Waals surface area contributed by atoms with Crippen LogP contribution in [0.15, 0.2) is 24.4 Å². The summed E-state index contributed by atoms with van der Waals surface area (Å²) in [5, 5.41) is 9.06. The van der Waals surface area contributed by atoms with E-state index < -0.39 is 0 Å². The highest BCUT2D eigenvalue weighted by molar-refractivity contribution is 7.22. The van der Waals surface area contributed by atoms with Crippen molar-refractivity contribution in [2.75, 3.05) is 17.2 Å². The fraction of sp³-hybridized carbons (Fsp3) is 0.222. The van der Waals surface area contributed by atoms with Crippen LogP contribution in [0.5, 0.6) is 0 Å². The number of urea groups is 1. The lowest BCUT2D eigenvalue weighted by molar-refractivity contribution is 0.252. The number of benzene rings is 1. The van der Waals surface area contributed by atoms with E-state index in [1.54, 1.807) is 12.3 Å². The molecule has 2 aromatic heterocycles. The number of rotatable bonds is 3. The minimum absolute atomic E-state index is 0.225. The summed E-state index contributed by atoms with van der Waals surface area (Å²) >= 11 is 1.24. The summed E-state index contributed by atoms with van der Waals surface area (Å²) < 4.78 is 15.4. The molecule has 3 aromatic rings. The van der Waals surface area contributed by atoms with E-state index in [2.05, 4.69) is 25.9 Å². The van der Waals surface area contributed by atoms with Crippen LogP contribution < -0.4 is 16.0 Å². The topological polar surface area (TPSA) is 81.8 Å². The van der Waals surface area contributed by atoms with E-state index in [9.17, 15) is 9.18 Å². The van der Waals surface area contributed by atoms with Gasteiger partial charge in [0.25, 0.3) is 0 Å². The van der Waals surface area contributed by atoms with Crippen LogP contribution in [0.4, 0.5) is 20.1 Å². The average molecular weight is 371 g/mol. The Hall–Kier alpha value is -2.87. The third kappa shape index (κ3) is 2.92. The molecule has 4 N–H and O–H groups in total. The molecule has 1 unspecified atom stereocenters. The van der Waals surface area contributed by atoms with Gasteiger partial charge in [-0.1, -0.05) is 23.5 Å². The lowest BCUT2D eigenvalue weighted by Crippen LogP contribution is -2.28. The van der Waals surface area contributed by atoms with Crippen LogP contribution in [-0.4, -0.2) is 28.6 Å². The van der Waals surface area contributed by atoms with Crippen LogP contribution in [0.25, 0.3) is 27.4 Å². The Morgan fingerprint density at radius 3 is 3.04 bits per heavy atom. The zero-order valence-electron chi connectivity index (χ0n) is 14.3. The molecule has 0 saturated carbocycles. The maximum atomic E-state index is 14.7. The van der Waals surface area contributed by atoms with Crippen molar-refractivity contribution in [2.45, 2.75) is 19.9 Å². The molecule has 26 heavy (non-hydrogen) atoms. The third-order valence-electron chi connectivity index (χ3n) is 4.17. The number of hydrogen-bond donors (Lipinski definition) is 4. The van der Waals surface area contributed by atoms with E-state index in [0.29, 0.717) is 27.5 Å². The smallest absolute Gasteiger partial charge is 0.321 e. The van der Waals surface area contributed by atoms with Gasteiger partial charge in [-0.05, 0) is 26.0 Å². The number of nitrogens with one attached hydrogen (secondary N) is 4. The van der Waals surface area contributed by atoms with Gasteiger partial charge >= 0.3 is 6.03 Å². The number of anilines is 2. The number of aromatic amines is 1. The first-order valence-corrected chi connectivity index (χ1v) is 9.18. The monoisotopic (exact) mass is 371 g/mol. The van der Waals surface area contributed by atoms with Crippen LogP contribution >= 0.6 is 11.3 Å². The normalized spacial score (nSPS) is 15.6. The predicted octanol–water partition coefficient (Wildman–Crippen LogP) is 4.40. The Morgan fingerprint density at radius 1 is 1.38 bits per heavy atom. The van der Waals surface area contributed by atoms with Gasteiger partial charge in [0.1, 0.15) is 11.6 Å². The number of nitrogens with zero attached hydrogens (tertiary/aromatic N) is 1. The molecule has 0 saturated heterocycles. The summed E-state index contributed by atoms with van der Waals surface area (Å²) in [4.78, 5) is 19.2. The van der Waals surface area contributed by atoms with E-state index >= 15 is 0 Å². The second kappa shape index (κ2) is 6.45. The number of fused-ring (bicyclic) bond motifs is 2. The Bertz CT molecular complexity index is 1020. The van der Waals surface area contributed by atoms with Gasteiger partial charge in [0, 0.05) is 35.5 Å². The van der Waals surface area contributed by atoms with Crippen LogP contribution in [-0.2, 0) is 0 Å². The van der Waals surface area contributed by atoms with Crippen LogP contribution in [0.3, 0.4) is 0 Å². The molecule has 2 amide bonds. The Balaban J connectivity index is 1.72. The largest absolute Gasteiger partial charge is 0.365 e. The molecule has 1 aliphatic heterocycles. The Morgan fingerprint density at radius 2 is 2.23 bits per heavy atom. The molecule has 1 aromatic carbocycles. The van der Waals surface area contributed by atoms with E-state index in [0.717, 1.165) is 16.9 Å². The van der Waals surface area contributed by atoms with E-state index in [4.69, 9.17) is 0 Å². The highest BCUT2D eigenvalue weighted by Crippen LogP contribution is 2.37. The van der Waals surface area contributed by atoms with Gasteiger partial charge in [0.15, 0.2) is 5.13 Å². The maximum absolute atomic E-state index is 14.7. The van der Waals surface area contributed by atoms with Crippen LogP contribution in [0.2, 0.25) is 0 Å². The first-order chi connectivity index (χ1) is 12.5. The van der Waals surface area contributed by atoms with E-state index in [1.807, 2.05) is 26.0 Å². The van der Waals surface area contributed by atoms with Crippen molar-refractivity contribution in [3.05, 3.63) is 35.8 Å². The number of halogens is 1. The van der Waals surface area contributed by atoms with Crippen molar-refractivity contribution in [1.82, 2.24) is 15.3 Å². The standard InChI is InChI=1S/C18H18FN5OS/c1-3-20-17(25)24-18-23-14-6-11(13(19)7-15(14)26-18)12-8-21-16-10(12)5-4-9(2)22-16/h4-9,21-22H,3H2,1-2H3,(H2,20,23,24,25). The van der Waals surface area contributed by atoms with Crippen LogP contribution in [0, 0.1) is 5.82 Å². The molecular formula is C18H18FN5OS. The molecule has 0 spiro atoms. The minimum Gasteiger partial charge on any atom is -0.365 e. The lowest BCUT2D eigenvalue weighted by atomic mass is 10.0. The highest BCUT2D eigenvalue weighted by atomic mass is 32.1. The van der Waals surface area contributed by atoms with Crippen molar-refractivity contribution < 1.29 is 9.18 Å². The van der Waals surface area contributed by atoms with Crippen molar-refractivity contribution >= 4 is 44.6 Å². The van der Waals surface area contributed by atoms with Crippen molar-refractivity contribution in [2.24, 2.45) is 0 Å². The first-order valence-electron chi connectivity index (χ1n) is 8.36. The van der Waals surface area contributed by atoms with Gasteiger partial charge in [-0.15, -0.1) is 0 Å². The minimum atomic E-state index is -0.322. The van der Waals surface area contributed by atoms with E-state index in [1.165, 1.54) is 17.4 Å². The van der Waals surface area contributed by atoms with Crippen LogP contribution in [0.1, 0.15) is 19.4 Å². The van der Waals surface area contributed by atoms with Gasteiger partial charge in [0.2, 0.25) is 0 Å². The van der Waals surface area contributed by atoms with Gasteiger partial charge < -0.3 is 15.6 Å². The molecule has 0 bridgehead atoms. The van der Waals surface area contributed by atoms with Crippen molar-refractivity contribution in [1.29, 1.82) is 0 Å². The second-order valence-corrected chi connectivity index (χ2v) is 7.12. The molecule has 4 rings (SSSR count). The number of carbonyl (C=O) groups excluding carboxylic acids is 1. The Labute approximate surface area is 153 Å². The molecule has 134 valence electrons. The molecule has 1 atom stereocenters. The fourth-order valence-electron chi connectivity index (χ4n) is 2.98. The van der Waals surface area contributed by atoms with Crippen molar-refractivity contribution in [3.63, 3.8) is 0 Å². The SMILES string of the molecule is CCNC(=O)Nc1nc2cc(-c3c[nH]c4c3C=CC(C)N4)c(F)cc2s1. The number of hydrogen-bond acceptors (Lipinski definition) is 4. The molecule has 1 aliphatic rings. The zero-order valence-corrected chi connectivity index (χ0v) is 15.1. The quantitative estimate of drug-likeness (QED) is 0.551. The summed E-state index contributed by atoms with van der Waals surface area (Å²) in [6.07, 6.45) is 5.83. The van der Waals surface area contributed by atoms with Gasteiger partial charge in [-0.3, -0.25) is 5.32 Å². The number of aromatic nitrogens is 2. The first kappa shape index (κ1) is 16.6.